The quantitative estimate of drug-likeness (QED) is 0.0299. The predicted molar refractivity (Wildman–Crippen MR) is 230 cm³/mol. The van der Waals surface area contributed by atoms with Gasteiger partial charge in [-0.25, -0.2) is 0 Å². The lowest BCUT2D eigenvalue weighted by Crippen LogP contribution is -2.21. The van der Waals surface area contributed by atoms with Crippen LogP contribution in [0.2, 0.25) is 0 Å². The van der Waals surface area contributed by atoms with E-state index in [4.69, 9.17) is 23.7 Å². The number of aliphatic hydroxyl groups is 1. The summed E-state index contributed by atoms with van der Waals surface area (Å²) in [5, 5.41) is 9.83. The van der Waals surface area contributed by atoms with Crippen molar-refractivity contribution in [2.45, 2.75) is 233 Å². The molecular formula is C48H84O9. The van der Waals surface area contributed by atoms with Gasteiger partial charge in [0.05, 0.1) is 19.6 Å². The van der Waals surface area contributed by atoms with E-state index >= 15 is 0 Å². The zero-order valence-electron chi connectivity index (χ0n) is 36.8. The molecule has 0 unspecified atom stereocenters. The highest BCUT2D eigenvalue weighted by Crippen LogP contribution is 2.17. The molecule has 9 heteroatoms. The number of benzene rings is 1. The van der Waals surface area contributed by atoms with Crippen LogP contribution in [0.4, 0.5) is 0 Å². The number of aliphatic hydroxyl groups excluding tert-OH is 1. The van der Waals surface area contributed by atoms with Crippen LogP contribution in [0.15, 0.2) is 18.2 Å². The van der Waals surface area contributed by atoms with Gasteiger partial charge in [-0.05, 0) is 54.9 Å². The first kappa shape index (κ1) is 52.5. The van der Waals surface area contributed by atoms with E-state index in [1.165, 1.54) is 96.3 Å². The first-order chi connectivity index (χ1) is 27.9. The first-order valence-corrected chi connectivity index (χ1v) is 23.3. The van der Waals surface area contributed by atoms with Crippen molar-refractivity contribution in [1.29, 1.82) is 0 Å². The summed E-state index contributed by atoms with van der Waals surface area (Å²) in [7, 11) is 0. The molecule has 0 saturated heterocycles. The third-order valence-electron chi connectivity index (χ3n) is 10.3. The summed E-state index contributed by atoms with van der Waals surface area (Å²) in [5.74, 6) is -0.751. The van der Waals surface area contributed by atoms with Crippen LogP contribution in [0.25, 0.3) is 0 Å². The number of ether oxygens (including phenoxy) is 5. The van der Waals surface area contributed by atoms with Gasteiger partial charge in [-0.2, -0.15) is 0 Å². The van der Waals surface area contributed by atoms with Crippen molar-refractivity contribution in [2.24, 2.45) is 0 Å². The second kappa shape index (κ2) is 39.0. The highest BCUT2D eigenvalue weighted by molar-refractivity contribution is 5.70. The van der Waals surface area contributed by atoms with Crippen molar-refractivity contribution in [2.75, 3.05) is 19.8 Å². The zero-order valence-corrected chi connectivity index (χ0v) is 36.8. The topological polar surface area (TPSA) is 118 Å². The maximum Gasteiger partial charge on any atom is 0.306 e. The minimum Gasteiger partial charge on any atom is -0.466 e. The fourth-order valence-corrected chi connectivity index (χ4v) is 6.78. The van der Waals surface area contributed by atoms with Crippen molar-refractivity contribution < 1.29 is 43.2 Å². The second-order valence-electron chi connectivity index (χ2n) is 15.8. The molecule has 0 heterocycles. The summed E-state index contributed by atoms with van der Waals surface area (Å²) in [6.07, 6.45) is 29.4. The second-order valence-corrected chi connectivity index (χ2v) is 15.8. The van der Waals surface area contributed by atoms with Gasteiger partial charge in [-0.3, -0.25) is 14.4 Å². The Morgan fingerprint density at radius 2 is 0.789 bits per heavy atom. The van der Waals surface area contributed by atoms with Gasteiger partial charge in [-0.15, -0.1) is 0 Å². The molecule has 1 rings (SSSR count). The summed E-state index contributed by atoms with van der Waals surface area (Å²) in [6, 6.07) is 5.42. The van der Waals surface area contributed by atoms with Gasteiger partial charge in [0.1, 0.15) is 13.2 Å². The van der Waals surface area contributed by atoms with Gasteiger partial charge in [-0.1, -0.05) is 161 Å². The van der Waals surface area contributed by atoms with E-state index in [0.717, 1.165) is 68.9 Å². The molecular weight excluding hydrogens is 721 g/mol. The maximum absolute atomic E-state index is 12.8. The van der Waals surface area contributed by atoms with E-state index in [1.807, 2.05) is 6.07 Å². The fraction of sp³-hybridized carbons (Fsp3) is 0.812. The van der Waals surface area contributed by atoms with E-state index in [9.17, 15) is 19.5 Å². The van der Waals surface area contributed by atoms with Gasteiger partial charge in [0.15, 0.2) is 6.29 Å². The molecule has 0 saturated carbocycles. The van der Waals surface area contributed by atoms with Crippen LogP contribution in [0.3, 0.4) is 0 Å². The summed E-state index contributed by atoms with van der Waals surface area (Å²) >= 11 is 0. The predicted octanol–water partition coefficient (Wildman–Crippen LogP) is 12.5. The first-order valence-electron chi connectivity index (χ1n) is 23.3. The lowest BCUT2D eigenvalue weighted by molar-refractivity contribution is -0.160. The Bertz CT molecular complexity index is 1090. The van der Waals surface area contributed by atoms with Crippen LogP contribution < -0.4 is 0 Å². The molecule has 0 amide bonds. The Labute approximate surface area is 348 Å². The number of hydrogen-bond acceptors (Lipinski definition) is 9. The summed E-state index contributed by atoms with van der Waals surface area (Å²) in [4.78, 5) is 37.2. The van der Waals surface area contributed by atoms with Crippen LogP contribution in [0, 0.1) is 0 Å². The number of esters is 3. The number of carbonyl (C=O) groups is 3. The lowest BCUT2D eigenvalue weighted by atomic mass is 10.1. The third kappa shape index (κ3) is 33.1. The van der Waals surface area contributed by atoms with Crippen molar-refractivity contribution in [3.05, 3.63) is 34.9 Å². The monoisotopic (exact) mass is 805 g/mol. The number of carbonyl (C=O) groups excluding carboxylic acids is 3. The smallest absolute Gasteiger partial charge is 0.306 e. The van der Waals surface area contributed by atoms with E-state index in [1.54, 1.807) is 12.1 Å². The Hall–Kier alpha value is -2.49. The van der Waals surface area contributed by atoms with E-state index < -0.39 is 6.29 Å². The minimum atomic E-state index is -0.425. The molecule has 330 valence electrons. The van der Waals surface area contributed by atoms with Crippen LogP contribution >= 0.6 is 0 Å². The number of hydrogen-bond donors (Lipinski definition) is 1. The molecule has 1 N–H and O–H groups in total. The SMILES string of the molecule is CCCCCCCCCCCOC(=O)CCCCCCC(=O)OCc1cc(CO)cc(COC(=O)CCC(OCCCCCCCC)OCCCCCCCC)c1. The third-order valence-corrected chi connectivity index (χ3v) is 10.3. The Morgan fingerprint density at radius 3 is 1.23 bits per heavy atom. The van der Waals surface area contributed by atoms with Crippen molar-refractivity contribution in [3.8, 4) is 0 Å². The lowest BCUT2D eigenvalue weighted by Gasteiger charge is -2.19. The molecule has 0 aromatic heterocycles. The van der Waals surface area contributed by atoms with E-state index in [-0.39, 0.29) is 44.1 Å². The fourth-order valence-electron chi connectivity index (χ4n) is 6.78. The Morgan fingerprint density at radius 1 is 0.439 bits per heavy atom. The molecule has 0 aliphatic carbocycles. The van der Waals surface area contributed by atoms with Gasteiger partial charge in [0.25, 0.3) is 0 Å². The van der Waals surface area contributed by atoms with Crippen molar-refractivity contribution >= 4 is 17.9 Å². The van der Waals surface area contributed by atoms with Crippen molar-refractivity contribution in [1.82, 2.24) is 0 Å². The normalized spacial score (nSPS) is 11.3. The molecule has 0 atom stereocenters. The van der Waals surface area contributed by atoms with Gasteiger partial charge >= 0.3 is 17.9 Å². The zero-order chi connectivity index (χ0) is 41.4. The molecule has 0 fully saturated rings. The number of rotatable bonds is 41. The Balaban J connectivity index is 2.32. The van der Waals surface area contributed by atoms with Gasteiger partial charge in [0, 0.05) is 32.5 Å². The summed E-state index contributed by atoms with van der Waals surface area (Å²) < 4.78 is 28.6. The summed E-state index contributed by atoms with van der Waals surface area (Å²) in [5.41, 5.74) is 2.11. The van der Waals surface area contributed by atoms with Gasteiger partial charge in [0.2, 0.25) is 0 Å². The Kier molecular flexibility index (Phi) is 35.9. The summed E-state index contributed by atoms with van der Waals surface area (Å²) in [6.45, 7) is 8.40. The molecule has 0 bridgehead atoms. The molecule has 1 aromatic rings. The van der Waals surface area contributed by atoms with Crippen LogP contribution in [-0.2, 0) is 57.9 Å². The van der Waals surface area contributed by atoms with Crippen LogP contribution in [0.5, 0.6) is 0 Å². The van der Waals surface area contributed by atoms with E-state index in [2.05, 4.69) is 20.8 Å². The van der Waals surface area contributed by atoms with Crippen molar-refractivity contribution in [3.63, 3.8) is 0 Å². The molecule has 57 heavy (non-hydrogen) atoms. The average molecular weight is 805 g/mol. The van der Waals surface area contributed by atoms with Crippen LogP contribution in [-0.4, -0.2) is 49.1 Å². The molecule has 1 aromatic carbocycles. The highest BCUT2D eigenvalue weighted by Gasteiger charge is 2.15. The average Bonchev–Trinajstić information content (AvgIpc) is 3.22. The molecule has 9 nitrogen and oxygen atoms in total. The number of unbranched alkanes of at least 4 members (excludes halogenated alkanes) is 21. The molecule has 0 aliphatic rings. The maximum atomic E-state index is 12.8. The van der Waals surface area contributed by atoms with Crippen LogP contribution in [0.1, 0.15) is 224 Å². The largest absolute Gasteiger partial charge is 0.466 e. The standard InChI is InChI=1S/C48H84O9/c1-4-7-10-13-16-17-18-23-26-33-53-45(50)29-24-19-20-25-30-46(51)56-40-43-36-42(39-49)37-44(38-43)41-57-47(52)31-32-48(54-34-27-21-14-11-8-5-2)55-35-28-22-15-12-9-6-3/h36-38,48-49H,4-35,39-41H2,1-3H3. The van der Waals surface area contributed by atoms with E-state index in [0.29, 0.717) is 51.1 Å². The highest BCUT2D eigenvalue weighted by atomic mass is 16.7. The molecule has 0 radical (unpaired) electrons. The molecule has 0 spiro atoms. The molecule has 0 aliphatic heterocycles. The van der Waals surface area contributed by atoms with Gasteiger partial charge < -0.3 is 28.8 Å². The minimum absolute atomic E-state index is 0.0579.